The molecular formula is C17H23NO2. The highest BCUT2D eigenvalue weighted by Gasteiger charge is 2.13. The van der Waals surface area contributed by atoms with E-state index in [9.17, 15) is 0 Å². The van der Waals surface area contributed by atoms with Crippen molar-refractivity contribution in [2.45, 2.75) is 32.2 Å². The Morgan fingerprint density at radius 2 is 2.35 bits per heavy atom. The highest BCUT2D eigenvalue weighted by atomic mass is 16.5. The molecule has 1 aromatic rings. The summed E-state index contributed by atoms with van der Waals surface area (Å²) < 4.78 is 11.0. The summed E-state index contributed by atoms with van der Waals surface area (Å²) >= 11 is 0. The summed E-state index contributed by atoms with van der Waals surface area (Å²) in [7, 11) is 0. The van der Waals surface area contributed by atoms with Crippen molar-refractivity contribution in [3.05, 3.63) is 41.0 Å². The molecule has 0 amide bonds. The number of rotatable bonds is 4. The van der Waals surface area contributed by atoms with Crippen LogP contribution in [-0.2, 0) is 17.6 Å². The summed E-state index contributed by atoms with van der Waals surface area (Å²) in [6.45, 7) is 5.70. The van der Waals surface area contributed by atoms with Gasteiger partial charge in [-0.25, -0.2) is 0 Å². The summed E-state index contributed by atoms with van der Waals surface area (Å²) in [5.74, 6) is 1.07. The van der Waals surface area contributed by atoms with Crippen LogP contribution in [0.5, 0.6) is 5.75 Å². The van der Waals surface area contributed by atoms with Crippen molar-refractivity contribution in [1.82, 2.24) is 5.32 Å². The van der Waals surface area contributed by atoms with E-state index in [0.29, 0.717) is 6.04 Å². The third-order valence-electron chi connectivity index (χ3n) is 4.01. The average Bonchev–Trinajstić information content (AvgIpc) is 2.93. The quantitative estimate of drug-likeness (QED) is 0.855. The third-order valence-corrected chi connectivity index (χ3v) is 4.01. The van der Waals surface area contributed by atoms with Gasteiger partial charge in [-0.2, -0.15) is 0 Å². The van der Waals surface area contributed by atoms with Gasteiger partial charge in [0.2, 0.25) is 0 Å². The Morgan fingerprint density at radius 3 is 3.20 bits per heavy atom. The van der Waals surface area contributed by atoms with Gasteiger partial charge < -0.3 is 14.8 Å². The van der Waals surface area contributed by atoms with Crippen LogP contribution in [0.2, 0.25) is 0 Å². The molecule has 1 saturated heterocycles. The molecule has 2 heterocycles. The van der Waals surface area contributed by atoms with Crippen LogP contribution in [-0.4, -0.2) is 32.4 Å². The molecule has 1 unspecified atom stereocenters. The lowest BCUT2D eigenvalue weighted by Gasteiger charge is -2.24. The SMILES string of the molecule is C/C(=C/Cc1ccc2c(c1)CCO2)CC1COCCN1. The van der Waals surface area contributed by atoms with Crippen LogP contribution in [0.25, 0.3) is 0 Å². The topological polar surface area (TPSA) is 30.5 Å². The Kier molecular flexibility index (Phi) is 4.38. The van der Waals surface area contributed by atoms with E-state index in [1.807, 2.05) is 0 Å². The van der Waals surface area contributed by atoms with E-state index >= 15 is 0 Å². The first-order valence-electron chi connectivity index (χ1n) is 7.52. The Morgan fingerprint density at radius 1 is 1.40 bits per heavy atom. The highest BCUT2D eigenvalue weighted by molar-refractivity contribution is 5.40. The van der Waals surface area contributed by atoms with Crippen LogP contribution in [0.1, 0.15) is 24.5 Å². The summed E-state index contributed by atoms with van der Waals surface area (Å²) in [5.41, 5.74) is 4.17. The van der Waals surface area contributed by atoms with E-state index in [0.717, 1.165) is 51.4 Å². The molecule has 108 valence electrons. The number of fused-ring (bicyclic) bond motifs is 1. The maximum Gasteiger partial charge on any atom is 0.122 e. The Balaban J connectivity index is 1.55. The zero-order valence-corrected chi connectivity index (χ0v) is 12.2. The van der Waals surface area contributed by atoms with Crippen molar-refractivity contribution in [1.29, 1.82) is 0 Å². The second-order valence-corrected chi connectivity index (χ2v) is 5.73. The lowest BCUT2D eigenvalue weighted by atomic mass is 10.0. The summed E-state index contributed by atoms with van der Waals surface area (Å²) in [5, 5.41) is 3.50. The molecule has 3 rings (SSSR count). The van der Waals surface area contributed by atoms with Crippen LogP contribution < -0.4 is 10.1 Å². The van der Waals surface area contributed by atoms with E-state index < -0.39 is 0 Å². The lowest BCUT2D eigenvalue weighted by molar-refractivity contribution is 0.0770. The van der Waals surface area contributed by atoms with Crippen molar-refractivity contribution < 1.29 is 9.47 Å². The molecule has 1 N–H and O–H groups in total. The standard InChI is InChI=1S/C17H23NO2/c1-13(10-16-12-19-9-7-18-16)2-3-14-4-5-17-15(11-14)6-8-20-17/h2,4-5,11,16,18H,3,6-10,12H2,1H3/b13-2-. The van der Waals surface area contributed by atoms with Crippen LogP contribution in [0.15, 0.2) is 29.8 Å². The van der Waals surface area contributed by atoms with Gasteiger partial charge in [0.25, 0.3) is 0 Å². The fraction of sp³-hybridized carbons (Fsp3) is 0.529. The fourth-order valence-electron chi connectivity index (χ4n) is 2.88. The van der Waals surface area contributed by atoms with Crippen molar-refractivity contribution in [3.63, 3.8) is 0 Å². The number of hydrogen-bond donors (Lipinski definition) is 1. The average molecular weight is 273 g/mol. The number of morpholine rings is 1. The molecule has 0 radical (unpaired) electrons. The molecular weight excluding hydrogens is 250 g/mol. The minimum atomic E-state index is 0.480. The molecule has 1 fully saturated rings. The van der Waals surface area contributed by atoms with Crippen molar-refractivity contribution in [3.8, 4) is 5.75 Å². The van der Waals surface area contributed by atoms with E-state index in [1.165, 1.54) is 16.7 Å². The second kappa shape index (κ2) is 6.42. The number of ether oxygens (including phenoxy) is 2. The van der Waals surface area contributed by atoms with E-state index in [4.69, 9.17) is 9.47 Å². The smallest absolute Gasteiger partial charge is 0.122 e. The maximum absolute atomic E-state index is 5.54. The number of benzene rings is 1. The summed E-state index contributed by atoms with van der Waals surface area (Å²) in [6, 6.07) is 7.05. The largest absolute Gasteiger partial charge is 0.493 e. The minimum absolute atomic E-state index is 0.480. The van der Waals surface area contributed by atoms with Gasteiger partial charge in [0.05, 0.1) is 19.8 Å². The predicted octanol–water partition coefficient (Wildman–Crippen LogP) is 2.49. The van der Waals surface area contributed by atoms with Crippen LogP contribution in [0, 0.1) is 0 Å². The maximum atomic E-state index is 5.54. The Labute approximate surface area is 121 Å². The molecule has 20 heavy (non-hydrogen) atoms. The molecule has 0 aromatic heterocycles. The third kappa shape index (κ3) is 3.41. The van der Waals surface area contributed by atoms with E-state index in [-0.39, 0.29) is 0 Å². The highest BCUT2D eigenvalue weighted by Crippen LogP contribution is 2.26. The van der Waals surface area contributed by atoms with Gasteiger partial charge in [0.1, 0.15) is 5.75 Å². The Hall–Kier alpha value is -1.32. The van der Waals surface area contributed by atoms with Crippen molar-refractivity contribution >= 4 is 0 Å². The predicted molar refractivity (Wildman–Crippen MR) is 80.3 cm³/mol. The summed E-state index contributed by atoms with van der Waals surface area (Å²) in [4.78, 5) is 0. The minimum Gasteiger partial charge on any atom is -0.493 e. The van der Waals surface area contributed by atoms with Gasteiger partial charge in [-0.15, -0.1) is 0 Å². The molecule has 0 aliphatic carbocycles. The molecule has 0 spiro atoms. The molecule has 2 aliphatic heterocycles. The molecule has 0 bridgehead atoms. The van der Waals surface area contributed by atoms with Gasteiger partial charge in [0, 0.05) is 19.0 Å². The normalized spacial score (nSPS) is 22.4. The van der Waals surface area contributed by atoms with E-state index in [1.54, 1.807) is 0 Å². The van der Waals surface area contributed by atoms with Crippen molar-refractivity contribution in [2.75, 3.05) is 26.4 Å². The van der Waals surface area contributed by atoms with Gasteiger partial charge in [-0.1, -0.05) is 23.8 Å². The van der Waals surface area contributed by atoms with Gasteiger partial charge >= 0.3 is 0 Å². The second-order valence-electron chi connectivity index (χ2n) is 5.73. The molecule has 1 atom stereocenters. The molecule has 3 nitrogen and oxygen atoms in total. The number of allylic oxidation sites excluding steroid dienone is 1. The van der Waals surface area contributed by atoms with Gasteiger partial charge in [-0.05, 0) is 37.0 Å². The lowest BCUT2D eigenvalue weighted by Crippen LogP contribution is -2.41. The molecule has 2 aliphatic rings. The summed E-state index contributed by atoms with van der Waals surface area (Å²) in [6.07, 6.45) is 5.48. The van der Waals surface area contributed by atoms with Crippen molar-refractivity contribution in [2.24, 2.45) is 0 Å². The van der Waals surface area contributed by atoms with Gasteiger partial charge in [-0.3, -0.25) is 0 Å². The number of hydrogen-bond acceptors (Lipinski definition) is 3. The Bertz CT molecular complexity index is 490. The van der Waals surface area contributed by atoms with Crippen LogP contribution in [0.3, 0.4) is 0 Å². The van der Waals surface area contributed by atoms with Gasteiger partial charge in [0.15, 0.2) is 0 Å². The fourth-order valence-corrected chi connectivity index (χ4v) is 2.88. The first-order valence-corrected chi connectivity index (χ1v) is 7.52. The zero-order valence-electron chi connectivity index (χ0n) is 12.2. The van der Waals surface area contributed by atoms with Crippen LogP contribution in [0.4, 0.5) is 0 Å². The van der Waals surface area contributed by atoms with Crippen LogP contribution >= 0.6 is 0 Å². The van der Waals surface area contributed by atoms with E-state index in [2.05, 4.69) is 36.5 Å². The first kappa shape index (κ1) is 13.7. The zero-order chi connectivity index (χ0) is 13.8. The molecule has 1 aromatic carbocycles. The molecule has 3 heteroatoms. The molecule has 0 saturated carbocycles. The first-order chi connectivity index (χ1) is 9.81. The number of nitrogens with one attached hydrogen (secondary N) is 1. The monoisotopic (exact) mass is 273 g/mol.